The molecule has 1 aliphatic carbocycles. The number of sulfonamides is 1. The van der Waals surface area contributed by atoms with Crippen LogP contribution < -0.4 is 15.4 Å². The molecule has 0 radical (unpaired) electrons. The number of ether oxygens (including phenoxy) is 1. The number of halogens is 1. The van der Waals surface area contributed by atoms with Crippen molar-refractivity contribution in [2.75, 3.05) is 32.5 Å². The summed E-state index contributed by atoms with van der Waals surface area (Å²) in [6, 6.07) is 4.73. The fraction of sp³-hybridized carbons (Fsp3) is 0.667. The molecule has 1 heterocycles. The van der Waals surface area contributed by atoms with Gasteiger partial charge in [0.1, 0.15) is 0 Å². The molecule has 2 fully saturated rings. The molecule has 1 aromatic rings. The monoisotopic (exact) mass is 440 g/mol. The fourth-order valence-electron chi connectivity index (χ4n) is 3.63. The van der Waals surface area contributed by atoms with Gasteiger partial charge in [0.05, 0.1) is 25.4 Å². The predicted molar refractivity (Wildman–Crippen MR) is 117 cm³/mol. The summed E-state index contributed by atoms with van der Waals surface area (Å²) >= 11 is 0. The van der Waals surface area contributed by atoms with Crippen LogP contribution in [0.1, 0.15) is 51.1 Å². The molecule has 0 spiro atoms. The summed E-state index contributed by atoms with van der Waals surface area (Å²) in [6.07, 6.45) is 5.22. The standard InChI is InChI=1S/C21H33FN4O3S/c1-4-23-21(24-13-18-6-5-11-26(18)30(3,27)28)25-15(2)17-9-10-20(19(22)12-17)29-14-16-7-8-16/h9-10,12,15-16,18H,4-8,11,13-14H2,1-3H3,(H2,23,24,25)/t15?,18-/m1/s1. The minimum absolute atomic E-state index is 0.119. The Morgan fingerprint density at radius 3 is 2.77 bits per heavy atom. The van der Waals surface area contributed by atoms with Crippen LogP contribution in [-0.4, -0.2) is 57.2 Å². The summed E-state index contributed by atoms with van der Waals surface area (Å²) in [5.74, 6) is 1.08. The summed E-state index contributed by atoms with van der Waals surface area (Å²) in [7, 11) is -3.22. The topological polar surface area (TPSA) is 83.0 Å². The second-order valence-corrected chi connectivity index (χ2v) is 10.1. The second-order valence-electron chi connectivity index (χ2n) is 8.20. The van der Waals surface area contributed by atoms with Gasteiger partial charge in [0.25, 0.3) is 0 Å². The van der Waals surface area contributed by atoms with Gasteiger partial charge in [-0.15, -0.1) is 0 Å². The van der Waals surface area contributed by atoms with Crippen molar-refractivity contribution in [3.05, 3.63) is 29.6 Å². The first-order chi connectivity index (χ1) is 14.3. The van der Waals surface area contributed by atoms with Gasteiger partial charge in [-0.2, -0.15) is 4.31 Å². The van der Waals surface area contributed by atoms with Crippen LogP contribution in [0, 0.1) is 11.7 Å². The predicted octanol–water partition coefficient (Wildman–Crippen LogP) is 2.65. The van der Waals surface area contributed by atoms with E-state index < -0.39 is 10.0 Å². The van der Waals surface area contributed by atoms with E-state index >= 15 is 0 Å². The van der Waals surface area contributed by atoms with E-state index in [4.69, 9.17) is 4.74 Å². The second kappa shape index (κ2) is 9.96. The van der Waals surface area contributed by atoms with Crippen LogP contribution in [0.3, 0.4) is 0 Å². The summed E-state index contributed by atoms with van der Waals surface area (Å²) in [5, 5.41) is 6.46. The van der Waals surface area contributed by atoms with Gasteiger partial charge in [-0.05, 0) is 63.1 Å². The van der Waals surface area contributed by atoms with E-state index in [2.05, 4.69) is 15.6 Å². The van der Waals surface area contributed by atoms with E-state index in [1.807, 2.05) is 19.9 Å². The van der Waals surface area contributed by atoms with E-state index in [0.717, 1.165) is 31.2 Å². The zero-order valence-electron chi connectivity index (χ0n) is 18.0. The van der Waals surface area contributed by atoms with Gasteiger partial charge in [0.2, 0.25) is 10.0 Å². The van der Waals surface area contributed by atoms with Crippen LogP contribution in [-0.2, 0) is 10.0 Å². The lowest BCUT2D eigenvalue weighted by atomic mass is 10.1. The molecule has 9 heteroatoms. The molecule has 3 rings (SSSR count). The summed E-state index contributed by atoms with van der Waals surface area (Å²) < 4.78 is 45.4. The molecular weight excluding hydrogens is 407 g/mol. The molecule has 1 unspecified atom stereocenters. The molecule has 30 heavy (non-hydrogen) atoms. The third-order valence-electron chi connectivity index (χ3n) is 5.53. The molecule has 0 bridgehead atoms. The molecule has 2 atom stereocenters. The van der Waals surface area contributed by atoms with Crippen LogP contribution in [0.15, 0.2) is 23.2 Å². The van der Waals surface area contributed by atoms with Crippen molar-refractivity contribution < 1.29 is 17.5 Å². The van der Waals surface area contributed by atoms with Gasteiger partial charge in [-0.1, -0.05) is 6.07 Å². The third kappa shape index (κ3) is 6.31. The fourth-order valence-corrected chi connectivity index (χ4v) is 4.80. The average Bonchev–Trinajstić information content (AvgIpc) is 3.38. The SMILES string of the molecule is CCNC(=NC[C@H]1CCCN1S(C)(=O)=O)NC(C)c1ccc(OCC2CC2)c(F)c1. The maximum Gasteiger partial charge on any atom is 0.211 e. The van der Waals surface area contributed by atoms with Gasteiger partial charge in [0.15, 0.2) is 17.5 Å². The maximum absolute atomic E-state index is 14.4. The Labute approximate surface area is 179 Å². The summed E-state index contributed by atoms with van der Waals surface area (Å²) in [5.41, 5.74) is 0.788. The number of rotatable bonds is 9. The van der Waals surface area contributed by atoms with E-state index in [1.54, 1.807) is 6.07 Å². The lowest BCUT2D eigenvalue weighted by Crippen LogP contribution is -2.41. The van der Waals surface area contributed by atoms with Gasteiger partial charge in [-0.25, -0.2) is 12.8 Å². The summed E-state index contributed by atoms with van der Waals surface area (Å²) in [6.45, 7) is 6.08. The number of nitrogens with one attached hydrogen (secondary N) is 2. The molecular formula is C21H33FN4O3S. The first kappa shape index (κ1) is 22.8. The molecule has 2 aliphatic rings. The molecule has 0 amide bonds. The minimum Gasteiger partial charge on any atom is -0.490 e. The molecule has 1 saturated heterocycles. The Morgan fingerprint density at radius 1 is 1.37 bits per heavy atom. The maximum atomic E-state index is 14.4. The largest absolute Gasteiger partial charge is 0.490 e. The van der Waals surface area contributed by atoms with Crippen molar-refractivity contribution in [2.24, 2.45) is 10.9 Å². The van der Waals surface area contributed by atoms with Crippen LogP contribution >= 0.6 is 0 Å². The number of benzene rings is 1. The Kier molecular flexibility index (Phi) is 7.57. The smallest absolute Gasteiger partial charge is 0.211 e. The van der Waals surface area contributed by atoms with Crippen LogP contribution in [0.4, 0.5) is 4.39 Å². The van der Waals surface area contributed by atoms with Gasteiger partial charge in [-0.3, -0.25) is 4.99 Å². The van der Waals surface area contributed by atoms with Crippen LogP contribution in [0.2, 0.25) is 0 Å². The number of nitrogens with zero attached hydrogens (tertiary/aromatic N) is 2. The Morgan fingerprint density at radius 2 is 2.13 bits per heavy atom. The Bertz CT molecular complexity index is 858. The molecule has 1 aliphatic heterocycles. The lowest BCUT2D eigenvalue weighted by Gasteiger charge is -2.22. The normalized spacial score (nSPS) is 21.5. The first-order valence-corrected chi connectivity index (χ1v) is 12.6. The summed E-state index contributed by atoms with van der Waals surface area (Å²) in [4.78, 5) is 4.59. The molecule has 7 nitrogen and oxygen atoms in total. The molecule has 0 aromatic heterocycles. The third-order valence-corrected chi connectivity index (χ3v) is 6.87. The lowest BCUT2D eigenvalue weighted by molar-refractivity contribution is 0.285. The van der Waals surface area contributed by atoms with Crippen LogP contribution in [0.5, 0.6) is 5.75 Å². The number of guanidine groups is 1. The van der Waals surface area contributed by atoms with E-state index in [0.29, 0.717) is 43.9 Å². The van der Waals surface area contributed by atoms with Gasteiger partial charge < -0.3 is 15.4 Å². The van der Waals surface area contributed by atoms with Crippen molar-refractivity contribution in [3.8, 4) is 5.75 Å². The van der Waals surface area contributed by atoms with E-state index in [-0.39, 0.29) is 17.9 Å². The van der Waals surface area contributed by atoms with Crippen molar-refractivity contribution in [1.29, 1.82) is 0 Å². The van der Waals surface area contributed by atoms with Crippen molar-refractivity contribution in [1.82, 2.24) is 14.9 Å². The zero-order chi connectivity index (χ0) is 21.7. The molecule has 168 valence electrons. The van der Waals surface area contributed by atoms with E-state index in [1.165, 1.54) is 16.6 Å². The minimum atomic E-state index is -3.22. The van der Waals surface area contributed by atoms with Crippen molar-refractivity contribution >= 4 is 16.0 Å². The number of aliphatic imine (C=N–C) groups is 1. The van der Waals surface area contributed by atoms with Crippen molar-refractivity contribution in [2.45, 2.75) is 51.6 Å². The number of hydrogen-bond donors (Lipinski definition) is 2. The van der Waals surface area contributed by atoms with Crippen LogP contribution in [0.25, 0.3) is 0 Å². The Hall–Kier alpha value is -1.87. The molecule has 2 N–H and O–H groups in total. The van der Waals surface area contributed by atoms with Gasteiger partial charge in [0, 0.05) is 19.1 Å². The number of hydrogen-bond acceptors (Lipinski definition) is 4. The highest BCUT2D eigenvalue weighted by Gasteiger charge is 2.31. The average molecular weight is 441 g/mol. The highest BCUT2D eigenvalue weighted by molar-refractivity contribution is 7.88. The first-order valence-electron chi connectivity index (χ1n) is 10.7. The van der Waals surface area contributed by atoms with E-state index in [9.17, 15) is 12.8 Å². The highest BCUT2D eigenvalue weighted by Crippen LogP contribution is 2.30. The highest BCUT2D eigenvalue weighted by atomic mass is 32.2. The quantitative estimate of drug-likeness (QED) is 0.456. The molecule has 1 saturated carbocycles. The molecule has 1 aromatic carbocycles. The zero-order valence-corrected chi connectivity index (χ0v) is 18.8. The van der Waals surface area contributed by atoms with Gasteiger partial charge >= 0.3 is 0 Å². The Balaban J connectivity index is 1.62. The van der Waals surface area contributed by atoms with Crippen molar-refractivity contribution in [3.63, 3.8) is 0 Å².